The summed E-state index contributed by atoms with van der Waals surface area (Å²) in [7, 11) is 1.30. The Balaban J connectivity index is 2.85. The highest BCUT2D eigenvalue weighted by Gasteiger charge is 2.33. The largest absolute Gasteiger partial charge is 0.466 e. The van der Waals surface area contributed by atoms with Crippen molar-refractivity contribution < 1.29 is 14.3 Å². The molecule has 0 aliphatic carbocycles. The molecule has 0 unspecified atom stereocenters. The molecule has 112 valence electrons. The van der Waals surface area contributed by atoms with E-state index >= 15 is 0 Å². The highest BCUT2D eigenvalue weighted by Crippen LogP contribution is 2.31. The van der Waals surface area contributed by atoms with Gasteiger partial charge in [0.05, 0.1) is 12.0 Å². The van der Waals surface area contributed by atoms with Gasteiger partial charge in [-0.2, -0.15) is 0 Å². The number of amidine groups is 1. The monoisotopic (exact) mass is 298 g/mol. The van der Waals surface area contributed by atoms with Gasteiger partial charge in [-0.25, -0.2) is 4.79 Å². The second kappa shape index (κ2) is 8.79. The van der Waals surface area contributed by atoms with E-state index in [0.29, 0.717) is 23.2 Å². The molecule has 0 aromatic carbocycles. The minimum Gasteiger partial charge on any atom is -0.466 e. The molecular weight excluding hydrogens is 276 g/mol. The van der Waals surface area contributed by atoms with Gasteiger partial charge in [-0.3, -0.25) is 14.7 Å². The van der Waals surface area contributed by atoms with Crippen molar-refractivity contribution in [3.05, 3.63) is 11.0 Å². The van der Waals surface area contributed by atoms with Gasteiger partial charge in [-0.15, -0.1) is 0 Å². The maximum atomic E-state index is 12.3. The lowest BCUT2D eigenvalue weighted by atomic mass is 10.3. The SMILES string of the molecule is CCCCN=C1SC(=CC(=O)OC)C(=O)N1CCCC. The fourth-order valence-electron chi connectivity index (χ4n) is 1.64. The number of carbonyl (C=O) groups is 2. The molecule has 1 saturated heterocycles. The lowest BCUT2D eigenvalue weighted by Gasteiger charge is -2.14. The van der Waals surface area contributed by atoms with Gasteiger partial charge in [-0.05, 0) is 24.6 Å². The third-order valence-electron chi connectivity index (χ3n) is 2.83. The number of aliphatic imine (C=N–C) groups is 1. The van der Waals surface area contributed by atoms with Crippen LogP contribution in [0.4, 0.5) is 0 Å². The van der Waals surface area contributed by atoms with E-state index in [2.05, 4.69) is 23.6 Å². The molecular formula is C14H22N2O3S. The van der Waals surface area contributed by atoms with Gasteiger partial charge in [0.2, 0.25) is 0 Å². The molecule has 20 heavy (non-hydrogen) atoms. The van der Waals surface area contributed by atoms with Gasteiger partial charge in [0.15, 0.2) is 5.17 Å². The van der Waals surface area contributed by atoms with E-state index in [0.717, 1.165) is 25.7 Å². The van der Waals surface area contributed by atoms with Crippen LogP contribution in [0, 0.1) is 0 Å². The minimum atomic E-state index is -0.508. The zero-order chi connectivity index (χ0) is 15.0. The molecule has 0 atom stereocenters. The number of thioether (sulfide) groups is 1. The lowest BCUT2D eigenvalue weighted by Crippen LogP contribution is -2.30. The van der Waals surface area contributed by atoms with Crippen LogP contribution in [0.5, 0.6) is 0 Å². The number of unbranched alkanes of at least 4 members (excludes halogenated alkanes) is 2. The molecule has 1 heterocycles. The molecule has 0 radical (unpaired) electrons. The summed E-state index contributed by atoms with van der Waals surface area (Å²) in [4.78, 5) is 30.1. The van der Waals surface area contributed by atoms with Crippen LogP contribution < -0.4 is 0 Å². The second-order valence-electron chi connectivity index (χ2n) is 4.46. The molecule has 0 bridgehead atoms. The fourth-order valence-corrected chi connectivity index (χ4v) is 2.63. The smallest absolute Gasteiger partial charge is 0.331 e. The number of hydrogen-bond acceptors (Lipinski definition) is 5. The number of methoxy groups -OCH3 is 1. The van der Waals surface area contributed by atoms with Gasteiger partial charge < -0.3 is 4.74 Å². The van der Waals surface area contributed by atoms with Crippen molar-refractivity contribution in [1.29, 1.82) is 0 Å². The number of nitrogens with zero attached hydrogens (tertiary/aromatic N) is 2. The molecule has 1 fully saturated rings. The maximum Gasteiger partial charge on any atom is 0.331 e. The van der Waals surface area contributed by atoms with Crippen LogP contribution in [-0.4, -0.2) is 42.1 Å². The number of esters is 1. The van der Waals surface area contributed by atoms with E-state index in [1.165, 1.54) is 24.9 Å². The highest BCUT2D eigenvalue weighted by molar-refractivity contribution is 8.18. The van der Waals surface area contributed by atoms with Gasteiger partial charge in [0.25, 0.3) is 5.91 Å². The number of amides is 1. The summed E-state index contributed by atoms with van der Waals surface area (Å²) >= 11 is 1.26. The van der Waals surface area contributed by atoms with Crippen LogP contribution in [0.25, 0.3) is 0 Å². The summed E-state index contributed by atoms with van der Waals surface area (Å²) in [5, 5.41) is 0.701. The number of carbonyl (C=O) groups excluding carboxylic acids is 2. The molecule has 6 heteroatoms. The Bertz CT molecular complexity index is 419. The first-order valence-corrected chi connectivity index (χ1v) is 7.79. The van der Waals surface area contributed by atoms with Crippen LogP contribution in [-0.2, 0) is 14.3 Å². The third-order valence-corrected chi connectivity index (χ3v) is 3.88. The van der Waals surface area contributed by atoms with Crippen LogP contribution in [0.1, 0.15) is 39.5 Å². The van der Waals surface area contributed by atoms with Crippen molar-refractivity contribution >= 4 is 28.8 Å². The van der Waals surface area contributed by atoms with Crippen molar-refractivity contribution in [2.75, 3.05) is 20.2 Å². The first-order valence-electron chi connectivity index (χ1n) is 6.97. The Kier molecular flexibility index (Phi) is 7.36. The highest BCUT2D eigenvalue weighted by atomic mass is 32.2. The van der Waals surface area contributed by atoms with Gasteiger partial charge in [0.1, 0.15) is 0 Å². The van der Waals surface area contributed by atoms with Crippen molar-refractivity contribution in [2.24, 2.45) is 4.99 Å². The van der Waals surface area contributed by atoms with Crippen LogP contribution in [0.3, 0.4) is 0 Å². The summed E-state index contributed by atoms with van der Waals surface area (Å²) in [5.41, 5.74) is 0. The number of ether oxygens (including phenoxy) is 1. The summed E-state index contributed by atoms with van der Waals surface area (Å²) < 4.78 is 4.57. The molecule has 1 rings (SSSR count). The number of rotatable bonds is 7. The van der Waals surface area contributed by atoms with Crippen LogP contribution >= 0.6 is 11.8 Å². The zero-order valence-corrected chi connectivity index (χ0v) is 13.2. The topological polar surface area (TPSA) is 59.0 Å². The fraction of sp³-hybridized carbons (Fsp3) is 0.643. The molecule has 0 saturated carbocycles. The van der Waals surface area contributed by atoms with Crippen molar-refractivity contribution in [1.82, 2.24) is 4.90 Å². The van der Waals surface area contributed by atoms with E-state index in [4.69, 9.17) is 0 Å². The predicted molar refractivity (Wildman–Crippen MR) is 81.5 cm³/mol. The van der Waals surface area contributed by atoms with Crippen LogP contribution in [0.15, 0.2) is 16.0 Å². The van der Waals surface area contributed by atoms with Crippen molar-refractivity contribution in [3.63, 3.8) is 0 Å². The van der Waals surface area contributed by atoms with Crippen molar-refractivity contribution in [2.45, 2.75) is 39.5 Å². The summed E-state index contributed by atoms with van der Waals surface area (Å²) in [6.45, 7) is 5.53. The summed E-state index contributed by atoms with van der Waals surface area (Å²) in [6, 6.07) is 0. The Labute approximate surface area is 124 Å². The third kappa shape index (κ3) is 4.67. The average molecular weight is 298 g/mol. The summed E-state index contributed by atoms with van der Waals surface area (Å²) in [6.07, 6.45) is 5.23. The Morgan fingerprint density at radius 2 is 2.05 bits per heavy atom. The maximum absolute atomic E-state index is 12.3. The molecule has 5 nitrogen and oxygen atoms in total. The molecule has 0 aromatic heterocycles. The molecule has 1 aliphatic heterocycles. The molecule has 1 aliphatic rings. The Morgan fingerprint density at radius 3 is 2.65 bits per heavy atom. The van der Waals surface area contributed by atoms with E-state index in [1.54, 1.807) is 4.90 Å². The molecule has 0 aromatic rings. The summed E-state index contributed by atoms with van der Waals surface area (Å²) in [5.74, 6) is -0.657. The van der Waals surface area contributed by atoms with Crippen LogP contribution in [0.2, 0.25) is 0 Å². The van der Waals surface area contributed by atoms with Gasteiger partial charge in [-0.1, -0.05) is 26.7 Å². The van der Waals surface area contributed by atoms with E-state index in [-0.39, 0.29) is 5.91 Å². The molecule has 0 N–H and O–H groups in total. The standard InChI is InChI=1S/C14H22N2O3S/c1-4-6-8-15-14-16(9-7-5-2)13(18)11(20-14)10-12(17)19-3/h10H,4-9H2,1-3H3. The average Bonchev–Trinajstić information content (AvgIpc) is 2.73. The Hall–Kier alpha value is -1.30. The zero-order valence-electron chi connectivity index (χ0n) is 12.3. The second-order valence-corrected chi connectivity index (χ2v) is 5.47. The first-order chi connectivity index (χ1) is 9.63. The number of hydrogen-bond donors (Lipinski definition) is 0. The quantitative estimate of drug-likeness (QED) is 0.412. The van der Waals surface area contributed by atoms with Gasteiger partial charge in [0, 0.05) is 19.2 Å². The Morgan fingerprint density at radius 1 is 1.35 bits per heavy atom. The van der Waals surface area contributed by atoms with Gasteiger partial charge >= 0.3 is 5.97 Å². The van der Waals surface area contributed by atoms with E-state index < -0.39 is 5.97 Å². The van der Waals surface area contributed by atoms with E-state index in [1.807, 2.05) is 0 Å². The molecule has 0 spiro atoms. The normalized spacial score (nSPS) is 19.1. The van der Waals surface area contributed by atoms with Crippen molar-refractivity contribution in [3.8, 4) is 0 Å². The molecule has 1 amide bonds. The first kappa shape index (κ1) is 16.8. The minimum absolute atomic E-state index is 0.149. The predicted octanol–water partition coefficient (Wildman–Crippen LogP) is 2.57. The van der Waals surface area contributed by atoms with E-state index in [9.17, 15) is 9.59 Å². The lowest BCUT2D eigenvalue weighted by molar-refractivity contribution is -0.135.